The van der Waals surface area contributed by atoms with E-state index in [2.05, 4.69) is 23.7 Å². The standard InChI is InChI=1S/C17H19NO3S/c1-12(9-15-3-2-8-22-15)11-18-16(19)10-13-4-6-14(7-5-13)17(20)21/h2-8,12H,9-11H2,1H3,(H,18,19)(H,20,21). The molecule has 0 aliphatic heterocycles. The predicted octanol–water partition coefficient (Wildman–Crippen LogP) is 2.98. The van der Waals surface area contributed by atoms with Crippen LogP contribution < -0.4 is 5.32 Å². The van der Waals surface area contributed by atoms with Crippen molar-refractivity contribution in [3.05, 3.63) is 57.8 Å². The lowest BCUT2D eigenvalue weighted by atomic mass is 10.1. The Kier molecular flexibility index (Phi) is 5.72. The average Bonchev–Trinajstić information content (AvgIpc) is 2.98. The zero-order chi connectivity index (χ0) is 15.9. The van der Waals surface area contributed by atoms with Crippen molar-refractivity contribution in [2.45, 2.75) is 19.8 Å². The highest BCUT2D eigenvalue weighted by atomic mass is 32.1. The van der Waals surface area contributed by atoms with Crippen LogP contribution >= 0.6 is 11.3 Å². The van der Waals surface area contributed by atoms with Gasteiger partial charge in [-0.1, -0.05) is 25.1 Å². The van der Waals surface area contributed by atoms with Gasteiger partial charge in [0.25, 0.3) is 0 Å². The first-order chi connectivity index (χ1) is 10.5. The van der Waals surface area contributed by atoms with Gasteiger partial charge >= 0.3 is 5.97 Å². The first-order valence-electron chi connectivity index (χ1n) is 7.16. The van der Waals surface area contributed by atoms with Gasteiger partial charge in [-0.05, 0) is 41.5 Å². The van der Waals surface area contributed by atoms with Crippen molar-refractivity contribution in [1.29, 1.82) is 0 Å². The van der Waals surface area contributed by atoms with Gasteiger partial charge in [0.1, 0.15) is 0 Å². The van der Waals surface area contributed by atoms with E-state index in [9.17, 15) is 9.59 Å². The summed E-state index contributed by atoms with van der Waals surface area (Å²) >= 11 is 1.73. The number of carbonyl (C=O) groups excluding carboxylic acids is 1. The first-order valence-corrected chi connectivity index (χ1v) is 8.04. The van der Waals surface area contributed by atoms with E-state index < -0.39 is 5.97 Å². The minimum atomic E-state index is -0.960. The van der Waals surface area contributed by atoms with Crippen LogP contribution in [0.15, 0.2) is 41.8 Å². The van der Waals surface area contributed by atoms with Gasteiger partial charge in [-0.25, -0.2) is 4.79 Å². The molecule has 2 N–H and O–H groups in total. The van der Waals surface area contributed by atoms with Gasteiger partial charge in [-0.15, -0.1) is 11.3 Å². The lowest BCUT2D eigenvalue weighted by Crippen LogP contribution is -2.30. The Hall–Kier alpha value is -2.14. The summed E-state index contributed by atoms with van der Waals surface area (Å²) in [6.45, 7) is 2.76. The fraction of sp³-hybridized carbons (Fsp3) is 0.294. The molecule has 1 atom stereocenters. The Bertz CT molecular complexity index is 620. The number of benzene rings is 1. The minimum absolute atomic E-state index is 0.0406. The smallest absolute Gasteiger partial charge is 0.335 e. The number of hydrogen-bond donors (Lipinski definition) is 2. The van der Waals surface area contributed by atoms with Crippen molar-refractivity contribution in [2.24, 2.45) is 5.92 Å². The molecule has 0 aliphatic carbocycles. The van der Waals surface area contributed by atoms with Crippen LogP contribution in [0.1, 0.15) is 27.7 Å². The molecule has 1 amide bonds. The normalized spacial score (nSPS) is 11.9. The number of rotatable bonds is 7. The third kappa shape index (κ3) is 5.00. The van der Waals surface area contributed by atoms with Crippen molar-refractivity contribution in [3.63, 3.8) is 0 Å². The zero-order valence-electron chi connectivity index (χ0n) is 12.4. The highest BCUT2D eigenvalue weighted by Crippen LogP contribution is 2.13. The van der Waals surface area contributed by atoms with Crippen molar-refractivity contribution < 1.29 is 14.7 Å². The number of aromatic carboxylic acids is 1. The topological polar surface area (TPSA) is 66.4 Å². The summed E-state index contributed by atoms with van der Waals surface area (Å²) in [5.74, 6) is -0.614. The van der Waals surface area contributed by atoms with Crippen LogP contribution in [-0.4, -0.2) is 23.5 Å². The molecule has 22 heavy (non-hydrogen) atoms. The molecule has 0 fully saturated rings. The van der Waals surface area contributed by atoms with Crippen LogP contribution in [0.3, 0.4) is 0 Å². The third-order valence-electron chi connectivity index (χ3n) is 3.34. The SMILES string of the molecule is CC(CNC(=O)Cc1ccc(C(=O)O)cc1)Cc1cccs1. The van der Waals surface area contributed by atoms with Crippen LogP contribution in [-0.2, 0) is 17.6 Å². The maximum absolute atomic E-state index is 11.9. The molecular formula is C17H19NO3S. The molecule has 1 unspecified atom stereocenters. The molecule has 0 saturated heterocycles. The molecule has 116 valence electrons. The zero-order valence-corrected chi connectivity index (χ0v) is 13.2. The Balaban J connectivity index is 1.76. The first kappa shape index (κ1) is 16.2. The maximum Gasteiger partial charge on any atom is 0.335 e. The van der Waals surface area contributed by atoms with Crippen molar-refractivity contribution in [1.82, 2.24) is 5.32 Å². The van der Waals surface area contributed by atoms with Crippen LogP contribution in [0.25, 0.3) is 0 Å². The molecule has 0 spiro atoms. The van der Waals surface area contributed by atoms with Crippen molar-refractivity contribution in [3.8, 4) is 0 Å². The number of thiophene rings is 1. The quantitative estimate of drug-likeness (QED) is 0.825. The summed E-state index contributed by atoms with van der Waals surface area (Å²) in [6, 6.07) is 10.5. The number of amides is 1. The average molecular weight is 317 g/mol. The van der Waals surface area contributed by atoms with Crippen LogP contribution in [0, 0.1) is 5.92 Å². The van der Waals surface area contributed by atoms with E-state index in [0.717, 1.165) is 12.0 Å². The number of nitrogens with one attached hydrogen (secondary N) is 1. The number of carbonyl (C=O) groups is 2. The molecule has 5 heteroatoms. The predicted molar refractivity (Wildman–Crippen MR) is 87.3 cm³/mol. The summed E-state index contributed by atoms with van der Waals surface area (Å²) in [4.78, 5) is 24.0. The van der Waals surface area contributed by atoms with Gasteiger partial charge in [-0.3, -0.25) is 4.79 Å². The minimum Gasteiger partial charge on any atom is -0.478 e. The summed E-state index contributed by atoms with van der Waals surface area (Å²) in [5, 5.41) is 13.8. The molecule has 0 radical (unpaired) electrons. The highest BCUT2D eigenvalue weighted by molar-refractivity contribution is 7.09. The number of carboxylic acids is 1. The Morgan fingerprint density at radius 1 is 1.23 bits per heavy atom. The van der Waals surface area contributed by atoms with Gasteiger partial charge in [0.05, 0.1) is 12.0 Å². The lowest BCUT2D eigenvalue weighted by molar-refractivity contribution is -0.120. The molecule has 2 rings (SSSR count). The number of carboxylic acid groups (broad SMARTS) is 1. The molecule has 0 bridgehead atoms. The fourth-order valence-electron chi connectivity index (χ4n) is 2.15. The van der Waals surface area contributed by atoms with E-state index >= 15 is 0 Å². The second-order valence-electron chi connectivity index (χ2n) is 5.37. The lowest BCUT2D eigenvalue weighted by Gasteiger charge is -2.11. The van der Waals surface area contributed by atoms with Gasteiger partial charge in [0.2, 0.25) is 5.91 Å². The van der Waals surface area contributed by atoms with E-state index in [-0.39, 0.29) is 17.9 Å². The second kappa shape index (κ2) is 7.75. The molecule has 0 aliphatic rings. The van der Waals surface area contributed by atoms with Gasteiger partial charge in [0.15, 0.2) is 0 Å². The molecular weight excluding hydrogens is 298 g/mol. The van der Waals surface area contributed by atoms with E-state index in [4.69, 9.17) is 5.11 Å². The van der Waals surface area contributed by atoms with Crippen LogP contribution in [0.2, 0.25) is 0 Å². The molecule has 1 aromatic carbocycles. The highest BCUT2D eigenvalue weighted by Gasteiger charge is 2.09. The Labute approximate surface area is 133 Å². The van der Waals surface area contributed by atoms with Crippen LogP contribution in [0.5, 0.6) is 0 Å². The molecule has 1 aromatic heterocycles. The third-order valence-corrected chi connectivity index (χ3v) is 4.24. The van der Waals surface area contributed by atoms with E-state index in [1.165, 1.54) is 17.0 Å². The molecule has 0 saturated carbocycles. The van der Waals surface area contributed by atoms with Crippen LogP contribution in [0.4, 0.5) is 0 Å². The summed E-state index contributed by atoms with van der Waals surface area (Å²) in [6.07, 6.45) is 1.23. The van der Waals surface area contributed by atoms with Crippen molar-refractivity contribution in [2.75, 3.05) is 6.54 Å². The van der Waals surface area contributed by atoms with E-state index in [1.54, 1.807) is 23.5 Å². The molecule has 1 heterocycles. The van der Waals surface area contributed by atoms with E-state index in [0.29, 0.717) is 12.5 Å². The summed E-state index contributed by atoms with van der Waals surface area (Å²) < 4.78 is 0. The molecule has 2 aromatic rings. The monoisotopic (exact) mass is 317 g/mol. The Morgan fingerprint density at radius 3 is 2.55 bits per heavy atom. The van der Waals surface area contributed by atoms with Gasteiger partial charge in [0, 0.05) is 11.4 Å². The van der Waals surface area contributed by atoms with Gasteiger partial charge in [-0.2, -0.15) is 0 Å². The van der Waals surface area contributed by atoms with E-state index in [1.807, 2.05) is 6.07 Å². The largest absolute Gasteiger partial charge is 0.478 e. The Morgan fingerprint density at radius 2 is 1.95 bits per heavy atom. The molecule has 4 nitrogen and oxygen atoms in total. The maximum atomic E-state index is 11.9. The summed E-state index contributed by atoms with van der Waals surface area (Å²) in [5.41, 5.74) is 1.04. The fourth-order valence-corrected chi connectivity index (χ4v) is 3.02. The summed E-state index contributed by atoms with van der Waals surface area (Å²) in [7, 11) is 0. The second-order valence-corrected chi connectivity index (χ2v) is 6.40. The van der Waals surface area contributed by atoms with Crippen molar-refractivity contribution >= 4 is 23.2 Å². The van der Waals surface area contributed by atoms with Gasteiger partial charge < -0.3 is 10.4 Å². The number of hydrogen-bond acceptors (Lipinski definition) is 3.